The van der Waals surface area contributed by atoms with Gasteiger partial charge < -0.3 is 5.32 Å². The summed E-state index contributed by atoms with van der Waals surface area (Å²) in [7, 11) is -0.939. The molecule has 0 aliphatic heterocycles. The maximum atomic E-state index is 13.3. The minimum atomic E-state index is -0.939. The van der Waals surface area contributed by atoms with E-state index in [0.717, 1.165) is 11.1 Å². The second-order valence-electron chi connectivity index (χ2n) is 5.01. The number of nitrogens with zero attached hydrogens (tertiary/aromatic N) is 1. The molecule has 0 fully saturated rings. The zero-order valence-corrected chi connectivity index (χ0v) is 13.1. The summed E-state index contributed by atoms with van der Waals surface area (Å²) >= 11 is 0. The van der Waals surface area contributed by atoms with Crippen LogP contribution in [0.3, 0.4) is 0 Å². The average molecular weight is 316 g/mol. The maximum absolute atomic E-state index is 13.3. The molecule has 0 aromatic heterocycles. The van der Waals surface area contributed by atoms with E-state index in [1.54, 1.807) is 12.3 Å². The van der Waals surface area contributed by atoms with E-state index in [1.165, 1.54) is 12.1 Å². The van der Waals surface area contributed by atoms with Crippen molar-refractivity contribution in [3.05, 3.63) is 71.0 Å². The molecular formula is C17H17FN2OS. The van der Waals surface area contributed by atoms with Gasteiger partial charge >= 0.3 is 0 Å². The molecule has 0 aliphatic rings. The lowest BCUT2D eigenvalue weighted by atomic mass is 10.1. The fraction of sp³-hybridized carbons (Fsp3) is 0.235. The van der Waals surface area contributed by atoms with Crippen molar-refractivity contribution in [1.29, 1.82) is 5.26 Å². The predicted molar refractivity (Wildman–Crippen MR) is 86.1 cm³/mol. The molecule has 5 heteroatoms. The number of halogens is 1. The highest BCUT2D eigenvalue weighted by molar-refractivity contribution is 7.84. The molecule has 1 N–H and O–H groups in total. The van der Waals surface area contributed by atoms with E-state index in [4.69, 9.17) is 5.26 Å². The van der Waals surface area contributed by atoms with E-state index in [2.05, 4.69) is 5.32 Å². The van der Waals surface area contributed by atoms with Gasteiger partial charge in [0.2, 0.25) is 0 Å². The molecule has 0 amide bonds. The number of nitrogens with one attached hydrogen (secondary N) is 1. The molecular weight excluding hydrogens is 299 g/mol. The molecule has 22 heavy (non-hydrogen) atoms. The summed E-state index contributed by atoms with van der Waals surface area (Å²) in [4.78, 5) is 0. The van der Waals surface area contributed by atoms with E-state index in [-0.39, 0.29) is 11.6 Å². The lowest BCUT2D eigenvalue weighted by Gasteiger charge is -2.18. The summed E-state index contributed by atoms with van der Waals surface area (Å²) in [5, 5.41) is 12.2. The number of hydrogen-bond donors (Lipinski definition) is 1. The van der Waals surface area contributed by atoms with Crippen LogP contribution in [-0.2, 0) is 17.3 Å². The lowest BCUT2D eigenvalue weighted by molar-refractivity contribution is 0.572. The van der Waals surface area contributed by atoms with Crippen LogP contribution in [0.2, 0.25) is 0 Å². The Morgan fingerprint density at radius 3 is 2.64 bits per heavy atom. The van der Waals surface area contributed by atoms with Crippen LogP contribution in [0.15, 0.2) is 48.5 Å². The van der Waals surface area contributed by atoms with E-state index in [1.807, 2.05) is 36.4 Å². The van der Waals surface area contributed by atoms with Gasteiger partial charge in [0.15, 0.2) is 0 Å². The Bertz CT molecular complexity index is 698. The van der Waals surface area contributed by atoms with Crippen molar-refractivity contribution in [2.75, 3.05) is 12.0 Å². The van der Waals surface area contributed by atoms with Gasteiger partial charge in [-0.2, -0.15) is 5.26 Å². The Morgan fingerprint density at radius 2 is 2.00 bits per heavy atom. The summed E-state index contributed by atoms with van der Waals surface area (Å²) in [5.41, 5.74) is 1.91. The first kappa shape index (κ1) is 16.3. The van der Waals surface area contributed by atoms with Gasteiger partial charge in [-0.1, -0.05) is 36.4 Å². The molecule has 114 valence electrons. The number of rotatable bonds is 6. The minimum absolute atomic E-state index is 0.0367. The topological polar surface area (TPSA) is 52.9 Å². The average Bonchev–Trinajstić information content (AvgIpc) is 2.53. The molecule has 0 heterocycles. The highest BCUT2D eigenvalue weighted by Crippen LogP contribution is 2.16. The van der Waals surface area contributed by atoms with Crippen LogP contribution in [-0.4, -0.2) is 16.2 Å². The van der Waals surface area contributed by atoms with Crippen molar-refractivity contribution in [3.63, 3.8) is 0 Å². The molecule has 0 radical (unpaired) electrons. The van der Waals surface area contributed by atoms with Gasteiger partial charge in [0, 0.05) is 35.4 Å². The van der Waals surface area contributed by atoms with Crippen molar-refractivity contribution < 1.29 is 8.60 Å². The van der Waals surface area contributed by atoms with Gasteiger partial charge in [0.05, 0.1) is 5.56 Å². The quantitative estimate of drug-likeness (QED) is 0.891. The largest absolute Gasteiger partial charge is 0.305 e. The number of benzene rings is 2. The zero-order chi connectivity index (χ0) is 15.9. The molecule has 2 atom stereocenters. The molecule has 2 aromatic carbocycles. The first-order valence-electron chi connectivity index (χ1n) is 6.87. The summed E-state index contributed by atoms with van der Waals surface area (Å²) in [5.74, 6) is -0.0171. The Kier molecular flexibility index (Phi) is 5.82. The number of nitriles is 1. The number of hydrogen-bond acceptors (Lipinski definition) is 3. The first-order valence-corrected chi connectivity index (χ1v) is 8.59. The third kappa shape index (κ3) is 4.48. The van der Waals surface area contributed by atoms with Gasteiger partial charge in [-0.25, -0.2) is 4.39 Å². The highest BCUT2D eigenvalue weighted by atomic mass is 32.2. The normalized spacial score (nSPS) is 13.3. The van der Waals surface area contributed by atoms with Gasteiger partial charge in [-0.05, 0) is 23.3 Å². The highest BCUT2D eigenvalue weighted by Gasteiger charge is 2.13. The maximum Gasteiger partial charge on any atom is 0.140 e. The molecule has 0 bridgehead atoms. The monoisotopic (exact) mass is 316 g/mol. The van der Waals surface area contributed by atoms with Crippen LogP contribution in [0.1, 0.15) is 22.7 Å². The summed E-state index contributed by atoms with van der Waals surface area (Å²) in [6.07, 6.45) is 1.67. The van der Waals surface area contributed by atoms with Crippen molar-refractivity contribution >= 4 is 10.8 Å². The standard InChI is InChI=1S/C17H17FN2OS/c1-22(21)12-17(14-5-3-2-4-6-14)20-11-13-7-8-16(18)15(9-13)10-19/h2-9,17,20H,11-12H2,1H3. The van der Waals surface area contributed by atoms with Crippen molar-refractivity contribution in [2.24, 2.45) is 0 Å². The van der Waals surface area contributed by atoms with E-state index in [9.17, 15) is 8.60 Å². The summed E-state index contributed by atoms with van der Waals surface area (Å²) in [6.45, 7) is 0.478. The molecule has 0 saturated heterocycles. The third-order valence-electron chi connectivity index (χ3n) is 3.31. The van der Waals surface area contributed by atoms with Crippen molar-refractivity contribution in [1.82, 2.24) is 5.32 Å². The summed E-state index contributed by atoms with van der Waals surface area (Å²) in [6, 6.07) is 16.0. The van der Waals surface area contributed by atoms with Crippen LogP contribution in [0, 0.1) is 17.1 Å². The zero-order valence-electron chi connectivity index (χ0n) is 12.3. The first-order chi connectivity index (χ1) is 10.6. The van der Waals surface area contributed by atoms with Crippen LogP contribution in [0.4, 0.5) is 4.39 Å². The molecule has 2 rings (SSSR count). The fourth-order valence-electron chi connectivity index (χ4n) is 2.20. The molecule has 2 unspecified atom stereocenters. The van der Waals surface area contributed by atoms with Gasteiger partial charge in [-0.3, -0.25) is 4.21 Å². The van der Waals surface area contributed by atoms with Crippen molar-refractivity contribution in [2.45, 2.75) is 12.6 Å². The lowest BCUT2D eigenvalue weighted by Crippen LogP contribution is -2.25. The molecule has 3 nitrogen and oxygen atoms in total. The fourth-order valence-corrected chi connectivity index (χ4v) is 2.98. The Hall–Kier alpha value is -2.03. The van der Waals surface area contributed by atoms with E-state index in [0.29, 0.717) is 12.3 Å². The van der Waals surface area contributed by atoms with E-state index < -0.39 is 16.6 Å². The second kappa shape index (κ2) is 7.83. The van der Waals surface area contributed by atoms with Crippen molar-refractivity contribution in [3.8, 4) is 6.07 Å². The SMILES string of the molecule is CS(=O)CC(NCc1ccc(F)c(C#N)c1)c1ccccc1. The Balaban J connectivity index is 2.12. The Labute approximate surface area is 132 Å². The van der Waals surface area contributed by atoms with E-state index >= 15 is 0 Å². The smallest absolute Gasteiger partial charge is 0.140 e. The van der Waals surface area contributed by atoms with Crippen LogP contribution < -0.4 is 5.32 Å². The molecule has 0 saturated carbocycles. The van der Waals surface area contributed by atoms with Crippen LogP contribution >= 0.6 is 0 Å². The minimum Gasteiger partial charge on any atom is -0.305 e. The van der Waals surface area contributed by atoms with Gasteiger partial charge in [0.25, 0.3) is 0 Å². The van der Waals surface area contributed by atoms with Crippen LogP contribution in [0.25, 0.3) is 0 Å². The van der Waals surface area contributed by atoms with Gasteiger partial charge in [0.1, 0.15) is 11.9 Å². The van der Waals surface area contributed by atoms with Gasteiger partial charge in [-0.15, -0.1) is 0 Å². The molecule has 0 spiro atoms. The molecule has 2 aromatic rings. The molecule has 0 aliphatic carbocycles. The summed E-state index contributed by atoms with van der Waals surface area (Å²) < 4.78 is 24.9. The third-order valence-corrected chi connectivity index (χ3v) is 4.11. The predicted octanol–water partition coefficient (Wildman–Crippen LogP) is 2.91. The Morgan fingerprint density at radius 1 is 1.27 bits per heavy atom. The second-order valence-corrected chi connectivity index (χ2v) is 6.49. The van der Waals surface area contributed by atoms with Crippen LogP contribution in [0.5, 0.6) is 0 Å².